The van der Waals surface area contributed by atoms with Gasteiger partial charge in [0.15, 0.2) is 5.82 Å². The monoisotopic (exact) mass is 244 g/mol. The SMILES string of the molecule is N#Cc1cc(-c2nc(C3CCCOC3)no2)c[nH]1. The first kappa shape index (κ1) is 11.0. The molecule has 92 valence electrons. The Labute approximate surface area is 104 Å². The Bertz CT molecular complexity index is 575. The number of H-pyrrole nitrogens is 1. The molecule has 3 rings (SSSR count). The number of aromatic amines is 1. The van der Waals surface area contributed by atoms with E-state index in [0.717, 1.165) is 25.0 Å². The van der Waals surface area contributed by atoms with Crippen LogP contribution in [0.5, 0.6) is 0 Å². The Balaban J connectivity index is 1.82. The van der Waals surface area contributed by atoms with Gasteiger partial charge in [-0.15, -0.1) is 0 Å². The lowest BCUT2D eigenvalue weighted by Crippen LogP contribution is -2.16. The molecule has 0 bridgehead atoms. The maximum atomic E-state index is 8.74. The largest absolute Gasteiger partial charge is 0.381 e. The molecule has 1 saturated heterocycles. The molecule has 2 aromatic rings. The Hall–Kier alpha value is -2.13. The van der Waals surface area contributed by atoms with E-state index in [1.165, 1.54) is 0 Å². The average molecular weight is 244 g/mol. The van der Waals surface area contributed by atoms with Crippen LogP contribution in [0.3, 0.4) is 0 Å². The van der Waals surface area contributed by atoms with Gasteiger partial charge in [-0.2, -0.15) is 10.2 Å². The Morgan fingerprint density at radius 1 is 1.50 bits per heavy atom. The molecule has 0 spiro atoms. The molecule has 6 heteroatoms. The molecule has 1 aliphatic rings. The number of hydrogen-bond acceptors (Lipinski definition) is 5. The van der Waals surface area contributed by atoms with E-state index in [4.69, 9.17) is 14.5 Å². The average Bonchev–Trinajstić information content (AvgIpc) is 3.08. The summed E-state index contributed by atoms with van der Waals surface area (Å²) < 4.78 is 10.6. The predicted molar refractivity (Wildman–Crippen MR) is 61.6 cm³/mol. The topological polar surface area (TPSA) is 87.7 Å². The highest BCUT2D eigenvalue weighted by Crippen LogP contribution is 2.25. The molecule has 0 amide bonds. The third-order valence-corrected chi connectivity index (χ3v) is 3.02. The number of nitrogens with one attached hydrogen (secondary N) is 1. The van der Waals surface area contributed by atoms with Gasteiger partial charge in [0.1, 0.15) is 11.8 Å². The van der Waals surface area contributed by atoms with Crippen LogP contribution in [0.15, 0.2) is 16.8 Å². The van der Waals surface area contributed by atoms with Crippen molar-refractivity contribution in [3.63, 3.8) is 0 Å². The van der Waals surface area contributed by atoms with Gasteiger partial charge >= 0.3 is 0 Å². The van der Waals surface area contributed by atoms with Crippen LogP contribution in [0.4, 0.5) is 0 Å². The van der Waals surface area contributed by atoms with Crippen LogP contribution in [-0.4, -0.2) is 28.3 Å². The molecule has 0 saturated carbocycles. The summed E-state index contributed by atoms with van der Waals surface area (Å²) in [4.78, 5) is 7.19. The molecule has 0 aromatic carbocycles. The second kappa shape index (κ2) is 4.63. The normalized spacial score (nSPS) is 19.6. The first-order chi connectivity index (χ1) is 8.86. The maximum Gasteiger partial charge on any atom is 0.259 e. The molecule has 1 unspecified atom stereocenters. The van der Waals surface area contributed by atoms with Crippen molar-refractivity contribution in [1.82, 2.24) is 15.1 Å². The van der Waals surface area contributed by atoms with Crippen molar-refractivity contribution in [1.29, 1.82) is 5.26 Å². The number of rotatable bonds is 2. The second-order valence-corrected chi connectivity index (χ2v) is 4.29. The molecule has 0 aliphatic carbocycles. The number of nitriles is 1. The van der Waals surface area contributed by atoms with Crippen molar-refractivity contribution in [2.45, 2.75) is 18.8 Å². The van der Waals surface area contributed by atoms with Crippen LogP contribution in [-0.2, 0) is 4.74 Å². The van der Waals surface area contributed by atoms with E-state index >= 15 is 0 Å². The number of hydrogen-bond donors (Lipinski definition) is 1. The minimum atomic E-state index is 0.214. The van der Waals surface area contributed by atoms with Crippen molar-refractivity contribution in [3.05, 3.63) is 23.8 Å². The Morgan fingerprint density at radius 2 is 2.44 bits per heavy atom. The zero-order valence-corrected chi connectivity index (χ0v) is 9.72. The first-order valence-corrected chi connectivity index (χ1v) is 5.87. The minimum Gasteiger partial charge on any atom is -0.381 e. The van der Waals surface area contributed by atoms with E-state index in [-0.39, 0.29) is 5.92 Å². The predicted octanol–water partition coefficient (Wildman–Crippen LogP) is 1.83. The molecule has 18 heavy (non-hydrogen) atoms. The lowest BCUT2D eigenvalue weighted by Gasteiger charge is -2.18. The lowest BCUT2D eigenvalue weighted by atomic mass is 10.0. The maximum absolute atomic E-state index is 8.74. The molecule has 3 heterocycles. The standard InChI is InChI=1S/C12H12N4O2/c13-5-10-4-9(6-14-10)12-15-11(16-18-12)8-2-1-3-17-7-8/h4,6,8,14H,1-3,7H2. The van der Waals surface area contributed by atoms with Crippen LogP contribution in [0.25, 0.3) is 11.5 Å². The van der Waals surface area contributed by atoms with Gasteiger partial charge in [0.05, 0.1) is 12.2 Å². The van der Waals surface area contributed by atoms with Crippen LogP contribution in [0.2, 0.25) is 0 Å². The van der Waals surface area contributed by atoms with E-state index in [2.05, 4.69) is 15.1 Å². The van der Waals surface area contributed by atoms with Gasteiger partial charge in [-0.05, 0) is 18.9 Å². The van der Waals surface area contributed by atoms with Crippen LogP contribution >= 0.6 is 0 Å². The molecule has 1 N–H and O–H groups in total. The number of aromatic nitrogens is 3. The molecule has 1 fully saturated rings. The summed E-state index contributed by atoms with van der Waals surface area (Å²) in [5, 5.41) is 12.7. The van der Waals surface area contributed by atoms with Gasteiger partial charge in [-0.1, -0.05) is 5.16 Å². The van der Waals surface area contributed by atoms with Crippen LogP contribution in [0, 0.1) is 11.3 Å². The van der Waals surface area contributed by atoms with Gasteiger partial charge in [0.25, 0.3) is 5.89 Å². The Kier molecular flexibility index (Phi) is 2.82. The highest BCUT2D eigenvalue weighted by molar-refractivity contribution is 5.54. The fourth-order valence-electron chi connectivity index (χ4n) is 2.04. The van der Waals surface area contributed by atoms with E-state index in [9.17, 15) is 0 Å². The van der Waals surface area contributed by atoms with Crippen molar-refractivity contribution < 1.29 is 9.26 Å². The summed E-state index contributed by atoms with van der Waals surface area (Å²) in [7, 11) is 0. The lowest BCUT2D eigenvalue weighted by molar-refractivity contribution is 0.0773. The molecule has 1 aliphatic heterocycles. The first-order valence-electron chi connectivity index (χ1n) is 5.87. The third-order valence-electron chi connectivity index (χ3n) is 3.02. The summed E-state index contributed by atoms with van der Waals surface area (Å²) in [6.45, 7) is 1.46. The summed E-state index contributed by atoms with van der Waals surface area (Å²) in [6.07, 6.45) is 3.74. The highest BCUT2D eigenvalue weighted by Gasteiger charge is 2.22. The molecular formula is C12H12N4O2. The van der Waals surface area contributed by atoms with E-state index in [1.54, 1.807) is 12.3 Å². The van der Waals surface area contributed by atoms with E-state index in [1.807, 2.05) is 6.07 Å². The second-order valence-electron chi connectivity index (χ2n) is 4.29. The minimum absolute atomic E-state index is 0.214. The van der Waals surface area contributed by atoms with Crippen molar-refractivity contribution in [3.8, 4) is 17.5 Å². The van der Waals surface area contributed by atoms with Gasteiger partial charge < -0.3 is 14.2 Å². The van der Waals surface area contributed by atoms with Gasteiger partial charge in [0.2, 0.25) is 0 Å². The third kappa shape index (κ3) is 2.00. The van der Waals surface area contributed by atoms with Crippen LogP contribution < -0.4 is 0 Å². The summed E-state index contributed by atoms with van der Waals surface area (Å²) in [5.41, 5.74) is 1.22. The highest BCUT2D eigenvalue weighted by atomic mass is 16.5. The zero-order chi connectivity index (χ0) is 12.4. The van der Waals surface area contributed by atoms with Crippen molar-refractivity contribution >= 4 is 0 Å². The summed E-state index contributed by atoms with van der Waals surface area (Å²) >= 11 is 0. The van der Waals surface area contributed by atoms with Crippen molar-refractivity contribution in [2.24, 2.45) is 0 Å². The zero-order valence-electron chi connectivity index (χ0n) is 9.72. The van der Waals surface area contributed by atoms with Crippen LogP contribution in [0.1, 0.15) is 30.3 Å². The number of nitrogens with zero attached hydrogens (tertiary/aromatic N) is 3. The van der Waals surface area contributed by atoms with E-state index < -0.39 is 0 Å². The number of ether oxygens (including phenoxy) is 1. The van der Waals surface area contributed by atoms with Gasteiger partial charge in [-0.3, -0.25) is 0 Å². The quantitative estimate of drug-likeness (QED) is 0.870. The summed E-state index contributed by atoms with van der Waals surface area (Å²) in [6, 6.07) is 3.71. The van der Waals surface area contributed by atoms with Gasteiger partial charge in [-0.25, -0.2) is 0 Å². The summed E-state index contributed by atoms with van der Waals surface area (Å²) in [5.74, 6) is 1.34. The molecular weight excluding hydrogens is 232 g/mol. The molecule has 0 radical (unpaired) electrons. The Morgan fingerprint density at radius 3 is 3.17 bits per heavy atom. The molecule has 6 nitrogen and oxygen atoms in total. The smallest absolute Gasteiger partial charge is 0.259 e. The fraction of sp³-hybridized carbons (Fsp3) is 0.417. The fourth-order valence-corrected chi connectivity index (χ4v) is 2.04. The van der Waals surface area contributed by atoms with Gasteiger partial charge in [0, 0.05) is 18.7 Å². The molecule has 1 atom stereocenters. The molecule has 2 aromatic heterocycles. The van der Waals surface area contributed by atoms with Crippen molar-refractivity contribution in [2.75, 3.05) is 13.2 Å². The van der Waals surface area contributed by atoms with E-state index in [0.29, 0.717) is 24.0 Å².